The maximum Gasteiger partial charge on any atom is 0.0433 e. The molecule has 3 aliphatic carbocycles. The van der Waals surface area contributed by atoms with Crippen LogP contribution in [0.1, 0.15) is 38.5 Å². The van der Waals surface area contributed by atoms with E-state index in [0.717, 1.165) is 48.3 Å². The zero-order valence-electron chi connectivity index (χ0n) is 10.0. The van der Waals surface area contributed by atoms with Crippen molar-refractivity contribution < 1.29 is 10.2 Å². The Kier molecular flexibility index (Phi) is 2.97. The van der Waals surface area contributed by atoms with Crippen LogP contribution < -0.4 is 0 Å². The van der Waals surface area contributed by atoms with Gasteiger partial charge in [-0.1, -0.05) is 0 Å². The summed E-state index contributed by atoms with van der Waals surface area (Å²) in [5.41, 5.74) is 0. The topological polar surface area (TPSA) is 40.5 Å². The third kappa shape index (κ3) is 1.46. The first-order chi connectivity index (χ1) is 7.86. The molecule has 0 heterocycles. The van der Waals surface area contributed by atoms with E-state index < -0.39 is 0 Å². The van der Waals surface area contributed by atoms with Crippen molar-refractivity contribution in [1.29, 1.82) is 0 Å². The Labute approximate surface area is 98.1 Å². The molecule has 6 atom stereocenters. The predicted molar refractivity (Wildman–Crippen MR) is 62.8 cm³/mol. The van der Waals surface area contributed by atoms with Crippen LogP contribution in [0.5, 0.6) is 0 Å². The summed E-state index contributed by atoms with van der Waals surface area (Å²) in [5.74, 6) is 5.29. The van der Waals surface area contributed by atoms with E-state index in [1.165, 1.54) is 25.7 Å². The summed E-state index contributed by atoms with van der Waals surface area (Å²) in [4.78, 5) is 0. The molecule has 2 heteroatoms. The van der Waals surface area contributed by atoms with E-state index in [-0.39, 0.29) is 0 Å². The lowest BCUT2D eigenvalue weighted by Gasteiger charge is -2.28. The van der Waals surface area contributed by atoms with Gasteiger partial charge >= 0.3 is 0 Å². The van der Waals surface area contributed by atoms with Crippen LogP contribution in [-0.2, 0) is 0 Å². The Bertz CT molecular complexity index is 253. The quantitative estimate of drug-likeness (QED) is 0.767. The minimum absolute atomic E-state index is 0.371. The van der Waals surface area contributed by atoms with Crippen molar-refractivity contribution in [2.75, 3.05) is 13.2 Å². The first-order valence-corrected chi connectivity index (χ1v) is 7.08. The van der Waals surface area contributed by atoms with Crippen LogP contribution in [0.3, 0.4) is 0 Å². The average Bonchev–Trinajstić information content (AvgIpc) is 2.92. The number of aliphatic hydroxyl groups excluding tert-OH is 2. The molecule has 0 aromatic rings. The highest BCUT2D eigenvalue weighted by Crippen LogP contribution is 2.64. The highest BCUT2D eigenvalue weighted by Gasteiger charge is 2.57. The molecule has 0 spiro atoms. The Morgan fingerprint density at radius 1 is 0.750 bits per heavy atom. The largest absolute Gasteiger partial charge is 0.396 e. The van der Waals surface area contributed by atoms with Gasteiger partial charge in [0.15, 0.2) is 0 Å². The molecule has 0 aliphatic heterocycles. The molecule has 5 unspecified atom stereocenters. The molecule has 3 fully saturated rings. The first kappa shape index (κ1) is 11.0. The van der Waals surface area contributed by atoms with Crippen molar-refractivity contribution in [1.82, 2.24) is 0 Å². The lowest BCUT2D eigenvalue weighted by Crippen LogP contribution is -2.23. The number of rotatable bonds is 4. The number of hydrogen-bond donors (Lipinski definition) is 2. The summed E-state index contributed by atoms with van der Waals surface area (Å²) >= 11 is 0. The molecular formula is C14H24O2. The molecule has 0 aromatic heterocycles. The van der Waals surface area contributed by atoms with Crippen LogP contribution in [0.2, 0.25) is 0 Å². The molecule has 3 saturated carbocycles. The molecule has 92 valence electrons. The maximum atomic E-state index is 9.18. The van der Waals surface area contributed by atoms with Gasteiger partial charge in [-0.05, 0) is 74.0 Å². The Morgan fingerprint density at radius 2 is 1.44 bits per heavy atom. The van der Waals surface area contributed by atoms with E-state index in [2.05, 4.69) is 0 Å². The molecular weight excluding hydrogens is 200 g/mol. The third-order valence-corrected chi connectivity index (χ3v) is 5.85. The number of aliphatic hydroxyl groups is 2. The minimum Gasteiger partial charge on any atom is -0.396 e. The second kappa shape index (κ2) is 4.30. The number of hydrogen-bond acceptors (Lipinski definition) is 2. The van der Waals surface area contributed by atoms with Gasteiger partial charge in [-0.2, -0.15) is 0 Å². The minimum atomic E-state index is 0.371. The average molecular weight is 224 g/mol. The van der Waals surface area contributed by atoms with E-state index in [1.54, 1.807) is 0 Å². The fourth-order valence-electron chi connectivity index (χ4n) is 5.53. The molecule has 2 N–H and O–H groups in total. The van der Waals surface area contributed by atoms with Gasteiger partial charge < -0.3 is 10.2 Å². The fourth-order valence-corrected chi connectivity index (χ4v) is 5.53. The molecule has 2 bridgehead atoms. The fraction of sp³-hybridized carbons (Fsp3) is 1.00. The van der Waals surface area contributed by atoms with Crippen molar-refractivity contribution in [2.45, 2.75) is 38.5 Å². The van der Waals surface area contributed by atoms with Crippen LogP contribution in [-0.4, -0.2) is 23.4 Å². The Hall–Kier alpha value is -0.0800. The van der Waals surface area contributed by atoms with Crippen LogP contribution in [0.25, 0.3) is 0 Å². The smallest absolute Gasteiger partial charge is 0.0433 e. The van der Waals surface area contributed by atoms with Gasteiger partial charge in [0.1, 0.15) is 0 Å². The lowest BCUT2D eigenvalue weighted by atomic mass is 9.77. The van der Waals surface area contributed by atoms with E-state index in [0.29, 0.717) is 13.2 Å². The summed E-state index contributed by atoms with van der Waals surface area (Å²) in [6.07, 6.45) is 7.64. The van der Waals surface area contributed by atoms with Gasteiger partial charge in [-0.15, -0.1) is 0 Å². The molecule has 0 saturated heterocycles. The van der Waals surface area contributed by atoms with E-state index in [1.807, 2.05) is 0 Å². The summed E-state index contributed by atoms with van der Waals surface area (Å²) < 4.78 is 0. The molecule has 16 heavy (non-hydrogen) atoms. The van der Waals surface area contributed by atoms with Crippen LogP contribution in [0.15, 0.2) is 0 Å². The van der Waals surface area contributed by atoms with E-state index in [4.69, 9.17) is 5.11 Å². The molecule has 0 radical (unpaired) electrons. The second-order valence-electron chi connectivity index (χ2n) is 6.17. The summed E-state index contributed by atoms with van der Waals surface area (Å²) in [5, 5.41) is 18.3. The van der Waals surface area contributed by atoms with Crippen LogP contribution >= 0.6 is 0 Å². The van der Waals surface area contributed by atoms with Crippen LogP contribution in [0.4, 0.5) is 0 Å². The molecule has 0 amide bonds. The molecule has 3 rings (SSSR count). The van der Waals surface area contributed by atoms with Crippen molar-refractivity contribution in [3.8, 4) is 0 Å². The Balaban J connectivity index is 1.75. The first-order valence-electron chi connectivity index (χ1n) is 7.08. The van der Waals surface area contributed by atoms with Crippen molar-refractivity contribution in [3.05, 3.63) is 0 Å². The van der Waals surface area contributed by atoms with Crippen molar-refractivity contribution in [2.24, 2.45) is 35.5 Å². The zero-order chi connectivity index (χ0) is 11.1. The van der Waals surface area contributed by atoms with E-state index in [9.17, 15) is 5.11 Å². The normalized spacial score (nSPS) is 49.9. The van der Waals surface area contributed by atoms with Crippen LogP contribution in [0, 0.1) is 35.5 Å². The molecule has 0 aromatic carbocycles. The van der Waals surface area contributed by atoms with Gasteiger partial charge in [-0.3, -0.25) is 0 Å². The standard InChI is InChI=1S/C14H24O2/c15-7-5-9-1-2-12-10-3-4-13(14(9)12)11(10)6-8-16/h9-16H,1-8H2/t9-,10?,11?,12?,13?,14?/m0/s1. The van der Waals surface area contributed by atoms with Gasteiger partial charge in [0.05, 0.1) is 0 Å². The highest BCUT2D eigenvalue weighted by atomic mass is 16.3. The SMILES string of the molecule is OCCC1C2CCC1C1C2CC[C@H]1CCO. The summed E-state index contributed by atoms with van der Waals surface area (Å²) in [6.45, 7) is 0.748. The highest BCUT2D eigenvalue weighted by molar-refractivity contribution is 5.06. The van der Waals surface area contributed by atoms with Gasteiger partial charge in [0.25, 0.3) is 0 Å². The van der Waals surface area contributed by atoms with E-state index >= 15 is 0 Å². The zero-order valence-corrected chi connectivity index (χ0v) is 10.0. The maximum absolute atomic E-state index is 9.18. The summed E-state index contributed by atoms with van der Waals surface area (Å²) in [6, 6.07) is 0. The van der Waals surface area contributed by atoms with Crippen molar-refractivity contribution >= 4 is 0 Å². The van der Waals surface area contributed by atoms with Gasteiger partial charge in [0.2, 0.25) is 0 Å². The summed E-state index contributed by atoms with van der Waals surface area (Å²) in [7, 11) is 0. The van der Waals surface area contributed by atoms with Gasteiger partial charge in [-0.25, -0.2) is 0 Å². The third-order valence-electron chi connectivity index (χ3n) is 5.85. The number of fused-ring (bicyclic) bond motifs is 5. The Morgan fingerprint density at radius 3 is 2.19 bits per heavy atom. The lowest BCUT2D eigenvalue weighted by molar-refractivity contribution is 0.168. The molecule has 2 nitrogen and oxygen atoms in total. The predicted octanol–water partition coefficient (Wildman–Crippen LogP) is 2.05. The molecule has 3 aliphatic rings. The second-order valence-corrected chi connectivity index (χ2v) is 6.17. The van der Waals surface area contributed by atoms with Crippen molar-refractivity contribution in [3.63, 3.8) is 0 Å². The van der Waals surface area contributed by atoms with Gasteiger partial charge in [0, 0.05) is 13.2 Å². The monoisotopic (exact) mass is 224 g/mol.